The first kappa shape index (κ1) is 23.6. The minimum absolute atomic E-state index is 0.0706. The number of nitrogens with zero attached hydrogens (tertiary/aromatic N) is 2. The Hall–Kier alpha value is -3.56. The van der Waals surface area contributed by atoms with Crippen LogP contribution in [0.4, 0.5) is 5.69 Å². The number of thioether (sulfide) groups is 1. The Morgan fingerprint density at radius 1 is 1.21 bits per heavy atom. The highest BCUT2D eigenvalue weighted by atomic mass is 32.2. The van der Waals surface area contributed by atoms with Gasteiger partial charge in [-0.1, -0.05) is 48.2 Å². The largest absolute Gasteiger partial charge is 0.497 e. The zero-order valence-corrected chi connectivity index (χ0v) is 20.4. The fraction of sp³-hybridized carbons (Fsp3) is 0.160. The van der Waals surface area contributed by atoms with E-state index in [2.05, 4.69) is 11.9 Å². The number of fused-ring (bicyclic) bond motifs is 1. The Labute approximate surface area is 205 Å². The summed E-state index contributed by atoms with van der Waals surface area (Å²) in [5.41, 5.74) is 2.21. The number of anilines is 1. The quantitative estimate of drug-likeness (QED) is 0.199. The second-order valence-electron chi connectivity index (χ2n) is 7.20. The lowest BCUT2D eigenvalue weighted by Gasteiger charge is -2.13. The maximum Gasteiger partial charge on any atom is 0.263 e. The van der Waals surface area contributed by atoms with Crippen LogP contribution >= 0.6 is 23.1 Å². The Morgan fingerprint density at radius 2 is 2.00 bits per heavy atom. The van der Waals surface area contributed by atoms with Gasteiger partial charge in [0, 0.05) is 23.6 Å². The van der Waals surface area contributed by atoms with Gasteiger partial charge in [-0.2, -0.15) is 0 Å². The molecule has 0 fully saturated rings. The first-order chi connectivity index (χ1) is 16.5. The molecule has 0 spiro atoms. The molecule has 0 unspecified atom stereocenters. The molecule has 2 heterocycles. The molecule has 0 aliphatic rings. The van der Waals surface area contributed by atoms with Crippen LogP contribution in [0.2, 0.25) is 0 Å². The van der Waals surface area contributed by atoms with Crippen molar-refractivity contribution in [2.24, 2.45) is 0 Å². The Kier molecular flexibility index (Phi) is 7.34. The van der Waals surface area contributed by atoms with Crippen LogP contribution in [0.5, 0.6) is 11.5 Å². The van der Waals surface area contributed by atoms with Gasteiger partial charge >= 0.3 is 0 Å². The van der Waals surface area contributed by atoms with Crippen LogP contribution in [-0.4, -0.2) is 35.4 Å². The summed E-state index contributed by atoms with van der Waals surface area (Å²) in [4.78, 5) is 31.4. The molecule has 0 saturated carbocycles. The number of nitrogens with one attached hydrogen (secondary N) is 1. The average molecular weight is 494 g/mol. The van der Waals surface area contributed by atoms with Gasteiger partial charge in [0.2, 0.25) is 5.91 Å². The van der Waals surface area contributed by atoms with Crippen LogP contribution in [-0.2, 0) is 11.3 Å². The van der Waals surface area contributed by atoms with E-state index in [0.717, 1.165) is 11.1 Å². The number of carbonyl (C=O) groups excluding carboxylic acids is 1. The summed E-state index contributed by atoms with van der Waals surface area (Å²) in [5.74, 6) is 0.944. The number of hydrogen-bond acceptors (Lipinski definition) is 7. The van der Waals surface area contributed by atoms with E-state index >= 15 is 0 Å². The second-order valence-corrected chi connectivity index (χ2v) is 9.00. The third-order valence-electron chi connectivity index (χ3n) is 5.07. The Balaban J connectivity index is 1.60. The van der Waals surface area contributed by atoms with Crippen molar-refractivity contribution < 1.29 is 14.3 Å². The van der Waals surface area contributed by atoms with Gasteiger partial charge in [0.25, 0.3) is 5.56 Å². The van der Waals surface area contributed by atoms with E-state index in [0.29, 0.717) is 39.1 Å². The van der Waals surface area contributed by atoms with Crippen molar-refractivity contribution in [2.45, 2.75) is 11.7 Å². The van der Waals surface area contributed by atoms with Gasteiger partial charge in [-0.25, -0.2) is 4.98 Å². The summed E-state index contributed by atoms with van der Waals surface area (Å²) in [5, 5.41) is 5.83. The molecule has 34 heavy (non-hydrogen) atoms. The normalized spacial score (nSPS) is 10.8. The van der Waals surface area contributed by atoms with Gasteiger partial charge in [0.05, 0.1) is 31.0 Å². The summed E-state index contributed by atoms with van der Waals surface area (Å²) in [7, 11) is 3.09. The number of aromatic nitrogens is 2. The van der Waals surface area contributed by atoms with Crippen LogP contribution in [0.25, 0.3) is 21.3 Å². The second kappa shape index (κ2) is 10.6. The fourth-order valence-electron chi connectivity index (χ4n) is 3.45. The highest BCUT2D eigenvalue weighted by Gasteiger charge is 2.18. The number of ether oxygens (including phenoxy) is 2. The number of allylic oxidation sites excluding steroid dienone is 1. The van der Waals surface area contributed by atoms with Gasteiger partial charge in [0.15, 0.2) is 5.16 Å². The summed E-state index contributed by atoms with van der Waals surface area (Å²) in [6.07, 6.45) is 1.65. The SMILES string of the molecule is C=CCn1c(SCC(=O)Nc2ccc(OC)cc2OC)nc2scc(-c3ccccc3)c2c1=O. The van der Waals surface area contributed by atoms with E-state index in [4.69, 9.17) is 14.5 Å². The molecule has 0 radical (unpaired) electrons. The third-order valence-corrected chi connectivity index (χ3v) is 6.92. The molecule has 1 N–H and O–H groups in total. The number of rotatable bonds is 9. The molecule has 7 nitrogen and oxygen atoms in total. The summed E-state index contributed by atoms with van der Waals surface area (Å²) < 4.78 is 12.1. The van der Waals surface area contributed by atoms with Crippen molar-refractivity contribution in [1.29, 1.82) is 0 Å². The molecule has 2 aromatic carbocycles. The van der Waals surface area contributed by atoms with Gasteiger partial charge in [-0.05, 0) is 17.7 Å². The van der Waals surface area contributed by atoms with Crippen LogP contribution in [0, 0.1) is 0 Å². The Bertz CT molecular complexity index is 1400. The molecule has 4 rings (SSSR count). The van der Waals surface area contributed by atoms with Crippen molar-refractivity contribution >= 4 is 44.9 Å². The number of amides is 1. The van der Waals surface area contributed by atoms with Gasteiger partial charge in [-0.3, -0.25) is 14.2 Å². The van der Waals surface area contributed by atoms with E-state index in [-0.39, 0.29) is 17.2 Å². The molecule has 174 valence electrons. The van der Waals surface area contributed by atoms with Gasteiger partial charge in [0.1, 0.15) is 16.3 Å². The number of methoxy groups -OCH3 is 2. The molecule has 0 atom stereocenters. The third kappa shape index (κ3) is 4.85. The van der Waals surface area contributed by atoms with Crippen molar-refractivity contribution in [3.8, 4) is 22.6 Å². The molecular weight excluding hydrogens is 470 g/mol. The van der Waals surface area contributed by atoms with E-state index in [1.54, 1.807) is 36.0 Å². The lowest BCUT2D eigenvalue weighted by atomic mass is 10.1. The first-order valence-corrected chi connectivity index (χ1v) is 12.2. The molecule has 9 heteroatoms. The monoisotopic (exact) mass is 493 g/mol. The van der Waals surface area contributed by atoms with Crippen molar-refractivity contribution in [3.05, 3.63) is 76.9 Å². The number of thiophene rings is 1. The lowest BCUT2D eigenvalue weighted by molar-refractivity contribution is -0.113. The van der Waals surface area contributed by atoms with E-state index in [1.807, 2.05) is 35.7 Å². The maximum absolute atomic E-state index is 13.4. The summed E-state index contributed by atoms with van der Waals surface area (Å²) in [6, 6.07) is 14.9. The van der Waals surface area contributed by atoms with Crippen LogP contribution in [0.15, 0.2) is 76.5 Å². The molecule has 2 aromatic heterocycles. The van der Waals surface area contributed by atoms with E-state index < -0.39 is 0 Å². The van der Waals surface area contributed by atoms with Crippen molar-refractivity contribution in [2.75, 3.05) is 25.3 Å². The van der Waals surface area contributed by atoms with Gasteiger partial charge in [-0.15, -0.1) is 17.9 Å². The lowest BCUT2D eigenvalue weighted by Crippen LogP contribution is -2.23. The standard InChI is InChI=1S/C25H23N3O4S2/c1-4-12-28-24(30)22-18(16-8-6-5-7-9-16)14-33-23(22)27-25(28)34-15-21(29)26-19-11-10-17(31-2)13-20(19)32-3/h4-11,13-14H,1,12,15H2,2-3H3,(H,26,29). The molecule has 0 aliphatic heterocycles. The predicted molar refractivity (Wildman–Crippen MR) is 138 cm³/mol. The smallest absolute Gasteiger partial charge is 0.263 e. The number of hydrogen-bond donors (Lipinski definition) is 1. The van der Waals surface area contributed by atoms with Gasteiger partial charge < -0.3 is 14.8 Å². The van der Waals surface area contributed by atoms with Crippen LogP contribution < -0.4 is 20.3 Å². The molecular formula is C25H23N3O4S2. The highest BCUT2D eigenvalue weighted by molar-refractivity contribution is 7.99. The fourth-order valence-corrected chi connectivity index (χ4v) is 5.25. The van der Waals surface area contributed by atoms with Crippen molar-refractivity contribution in [1.82, 2.24) is 9.55 Å². The molecule has 0 saturated heterocycles. The zero-order chi connectivity index (χ0) is 24.1. The zero-order valence-electron chi connectivity index (χ0n) is 18.7. The van der Waals surface area contributed by atoms with Crippen molar-refractivity contribution in [3.63, 3.8) is 0 Å². The molecule has 1 amide bonds. The minimum atomic E-state index is -0.246. The summed E-state index contributed by atoms with van der Waals surface area (Å²) >= 11 is 2.62. The number of benzene rings is 2. The van der Waals surface area contributed by atoms with E-state index in [9.17, 15) is 9.59 Å². The minimum Gasteiger partial charge on any atom is -0.497 e. The van der Waals surface area contributed by atoms with E-state index in [1.165, 1.54) is 30.2 Å². The Morgan fingerprint density at radius 3 is 2.71 bits per heavy atom. The van der Waals surface area contributed by atoms with Crippen LogP contribution in [0.1, 0.15) is 0 Å². The molecule has 0 aliphatic carbocycles. The average Bonchev–Trinajstić information content (AvgIpc) is 3.29. The molecule has 4 aromatic rings. The topological polar surface area (TPSA) is 82.5 Å². The highest BCUT2D eigenvalue weighted by Crippen LogP contribution is 2.32. The predicted octanol–water partition coefficient (Wildman–Crippen LogP) is 5.06. The number of carbonyl (C=O) groups is 1. The molecule has 0 bridgehead atoms. The maximum atomic E-state index is 13.4. The van der Waals surface area contributed by atoms with Crippen LogP contribution in [0.3, 0.4) is 0 Å². The first-order valence-electron chi connectivity index (χ1n) is 10.4. The summed E-state index contributed by atoms with van der Waals surface area (Å²) in [6.45, 7) is 4.07.